The van der Waals surface area contributed by atoms with Crippen molar-refractivity contribution in [3.05, 3.63) is 35.1 Å². The minimum atomic E-state index is -4.69. The predicted molar refractivity (Wildman–Crippen MR) is 61.7 cm³/mol. The number of amides is 1. The van der Waals surface area contributed by atoms with Crippen LogP contribution in [0.15, 0.2) is 23.4 Å². The molecule has 4 N–H and O–H groups in total. The summed E-state index contributed by atoms with van der Waals surface area (Å²) in [5, 5.41) is 13.1. The zero-order chi connectivity index (χ0) is 15.5. The molecule has 0 spiro atoms. The monoisotopic (exact) mass is 293 g/mol. The van der Waals surface area contributed by atoms with Crippen LogP contribution >= 0.6 is 0 Å². The van der Waals surface area contributed by atoms with Gasteiger partial charge in [0.25, 0.3) is 5.91 Å². The molecule has 1 atom stereocenters. The van der Waals surface area contributed by atoms with Gasteiger partial charge < -0.3 is 16.3 Å². The molecule has 1 rings (SSSR count). The highest BCUT2D eigenvalue weighted by Crippen LogP contribution is 2.30. The second-order valence-electron chi connectivity index (χ2n) is 3.91. The molecule has 0 bridgehead atoms. The van der Waals surface area contributed by atoms with E-state index >= 15 is 0 Å². The Morgan fingerprint density at radius 2 is 2.05 bits per heavy atom. The average molecular weight is 293 g/mol. The highest BCUT2D eigenvalue weighted by Gasteiger charge is 2.32. The van der Waals surface area contributed by atoms with Crippen LogP contribution in [0, 0.1) is 5.82 Å². The molecule has 1 aromatic carbocycles. The number of carbonyl (C=O) groups is 1. The largest absolute Gasteiger partial charge is 0.416 e. The van der Waals surface area contributed by atoms with Crippen LogP contribution in [0.25, 0.3) is 0 Å². The van der Waals surface area contributed by atoms with Crippen LogP contribution < -0.4 is 11.1 Å². The van der Waals surface area contributed by atoms with Crippen molar-refractivity contribution >= 4 is 11.7 Å². The quantitative estimate of drug-likeness (QED) is 0.261. The highest BCUT2D eigenvalue weighted by atomic mass is 19.4. The maximum atomic E-state index is 13.4. The summed E-state index contributed by atoms with van der Waals surface area (Å²) in [7, 11) is 0. The third-order valence-electron chi connectivity index (χ3n) is 2.45. The molecule has 1 aromatic rings. The van der Waals surface area contributed by atoms with Gasteiger partial charge in [0.1, 0.15) is 5.82 Å². The Kier molecular flexibility index (Phi) is 4.53. The van der Waals surface area contributed by atoms with Crippen molar-refractivity contribution in [1.29, 1.82) is 0 Å². The van der Waals surface area contributed by atoms with E-state index in [2.05, 4.69) is 10.5 Å². The first-order chi connectivity index (χ1) is 9.16. The molecule has 9 heteroatoms. The summed E-state index contributed by atoms with van der Waals surface area (Å²) in [6, 6.07) is 0.496. The van der Waals surface area contributed by atoms with Crippen LogP contribution in [0.4, 0.5) is 17.6 Å². The molecule has 1 unspecified atom stereocenters. The van der Waals surface area contributed by atoms with Gasteiger partial charge in [-0.05, 0) is 25.1 Å². The minimum absolute atomic E-state index is 0.370. The van der Waals surface area contributed by atoms with Crippen molar-refractivity contribution in [2.45, 2.75) is 19.1 Å². The van der Waals surface area contributed by atoms with E-state index in [0.29, 0.717) is 18.2 Å². The van der Waals surface area contributed by atoms with Gasteiger partial charge in [0, 0.05) is 0 Å². The third-order valence-corrected chi connectivity index (χ3v) is 2.45. The van der Waals surface area contributed by atoms with E-state index in [1.54, 1.807) is 0 Å². The summed E-state index contributed by atoms with van der Waals surface area (Å²) in [4.78, 5) is 11.7. The Balaban J connectivity index is 3.04. The first-order valence-corrected chi connectivity index (χ1v) is 5.32. The molecule has 0 aromatic heterocycles. The van der Waals surface area contributed by atoms with Crippen LogP contribution in [0.2, 0.25) is 0 Å². The summed E-state index contributed by atoms with van der Waals surface area (Å²) in [6.07, 6.45) is -4.69. The van der Waals surface area contributed by atoms with Gasteiger partial charge in [-0.3, -0.25) is 4.79 Å². The van der Waals surface area contributed by atoms with Crippen molar-refractivity contribution in [3.63, 3.8) is 0 Å². The number of benzene rings is 1. The highest BCUT2D eigenvalue weighted by molar-refractivity contribution is 5.98. The maximum Gasteiger partial charge on any atom is 0.416 e. The summed E-state index contributed by atoms with van der Waals surface area (Å²) in [6.45, 7) is 1.32. The van der Waals surface area contributed by atoms with Crippen LogP contribution in [0.3, 0.4) is 0 Å². The number of rotatable bonds is 3. The van der Waals surface area contributed by atoms with Crippen LogP contribution in [-0.2, 0) is 6.18 Å². The second kappa shape index (κ2) is 5.76. The SMILES string of the molecule is CC(NC(=O)c1cc(C(F)(F)F)ccc1F)/C(N)=N/O. The number of nitrogens with two attached hydrogens (primary N) is 1. The van der Waals surface area contributed by atoms with E-state index in [1.165, 1.54) is 6.92 Å². The molecule has 0 fully saturated rings. The van der Waals surface area contributed by atoms with Gasteiger partial charge in [0.05, 0.1) is 17.2 Å². The molecule has 0 heterocycles. The fourth-order valence-corrected chi connectivity index (χ4v) is 1.31. The van der Waals surface area contributed by atoms with Gasteiger partial charge in [0.15, 0.2) is 5.84 Å². The lowest BCUT2D eigenvalue weighted by molar-refractivity contribution is -0.137. The van der Waals surface area contributed by atoms with Crippen molar-refractivity contribution in [1.82, 2.24) is 5.32 Å². The van der Waals surface area contributed by atoms with Crippen LogP contribution in [0.1, 0.15) is 22.8 Å². The number of amidine groups is 1. The first-order valence-electron chi connectivity index (χ1n) is 5.32. The number of carbonyl (C=O) groups excluding carboxylic acids is 1. The molecule has 0 aliphatic rings. The summed E-state index contributed by atoms with van der Waals surface area (Å²) in [5.74, 6) is -2.58. The van der Waals surface area contributed by atoms with E-state index < -0.39 is 35.1 Å². The lowest BCUT2D eigenvalue weighted by Crippen LogP contribution is -2.42. The van der Waals surface area contributed by atoms with Crippen LogP contribution in [0.5, 0.6) is 0 Å². The van der Waals surface area contributed by atoms with E-state index in [9.17, 15) is 22.4 Å². The fraction of sp³-hybridized carbons (Fsp3) is 0.273. The molecular formula is C11H11F4N3O2. The lowest BCUT2D eigenvalue weighted by atomic mass is 10.1. The number of halogens is 4. The Morgan fingerprint density at radius 3 is 2.55 bits per heavy atom. The Morgan fingerprint density at radius 1 is 1.45 bits per heavy atom. The van der Waals surface area contributed by atoms with E-state index in [4.69, 9.17) is 10.9 Å². The normalized spacial score (nSPS) is 13.9. The zero-order valence-corrected chi connectivity index (χ0v) is 10.2. The minimum Gasteiger partial charge on any atom is -0.409 e. The number of oxime groups is 1. The Labute approximate surface area is 111 Å². The molecule has 110 valence electrons. The zero-order valence-electron chi connectivity index (χ0n) is 10.2. The lowest BCUT2D eigenvalue weighted by Gasteiger charge is -2.14. The molecule has 20 heavy (non-hydrogen) atoms. The van der Waals surface area contributed by atoms with Gasteiger partial charge in [-0.2, -0.15) is 13.2 Å². The molecular weight excluding hydrogens is 282 g/mol. The van der Waals surface area contributed by atoms with Crippen molar-refractivity contribution < 1.29 is 27.6 Å². The summed E-state index contributed by atoms with van der Waals surface area (Å²) >= 11 is 0. The molecule has 0 aliphatic heterocycles. The maximum absolute atomic E-state index is 13.4. The topological polar surface area (TPSA) is 87.7 Å². The van der Waals surface area contributed by atoms with E-state index in [-0.39, 0.29) is 5.84 Å². The molecule has 0 saturated carbocycles. The van der Waals surface area contributed by atoms with Gasteiger partial charge in [0.2, 0.25) is 0 Å². The smallest absolute Gasteiger partial charge is 0.409 e. The predicted octanol–water partition coefficient (Wildman–Crippen LogP) is 1.71. The standard InChI is InChI=1S/C11H11F4N3O2/c1-5(9(16)18-20)17-10(19)7-4-6(11(13,14)15)2-3-8(7)12/h2-5,20H,1H3,(H2,16,18)(H,17,19). The molecule has 5 nitrogen and oxygen atoms in total. The Hall–Kier alpha value is -2.32. The van der Waals surface area contributed by atoms with Gasteiger partial charge in [-0.1, -0.05) is 5.16 Å². The molecule has 0 saturated heterocycles. The third kappa shape index (κ3) is 3.59. The second-order valence-corrected chi connectivity index (χ2v) is 3.91. The molecule has 0 radical (unpaired) electrons. The number of alkyl halides is 3. The van der Waals surface area contributed by atoms with Crippen molar-refractivity contribution in [3.8, 4) is 0 Å². The number of nitrogens with one attached hydrogen (secondary N) is 1. The van der Waals surface area contributed by atoms with Crippen LogP contribution in [-0.4, -0.2) is 23.0 Å². The number of hydrogen-bond donors (Lipinski definition) is 3. The first kappa shape index (κ1) is 15.7. The summed E-state index contributed by atoms with van der Waals surface area (Å²) in [5.41, 5.74) is 3.26. The van der Waals surface area contributed by atoms with Gasteiger partial charge in [-0.25, -0.2) is 4.39 Å². The summed E-state index contributed by atoms with van der Waals surface area (Å²) < 4.78 is 50.8. The van der Waals surface area contributed by atoms with Gasteiger partial charge in [-0.15, -0.1) is 0 Å². The Bertz CT molecular complexity index is 543. The van der Waals surface area contributed by atoms with Gasteiger partial charge >= 0.3 is 6.18 Å². The number of nitrogens with zero attached hydrogens (tertiary/aromatic N) is 1. The van der Waals surface area contributed by atoms with E-state index in [0.717, 1.165) is 0 Å². The molecule has 1 amide bonds. The fourth-order valence-electron chi connectivity index (χ4n) is 1.31. The van der Waals surface area contributed by atoms with Crippen molar-refractivity contribution in [2.75, 3.05) is 0 Å². The average Bonchev–Trinajstić information content (AvgIpc) is 2.36. The molecule has 0 aliphatic carbocycles. The van der Waals surface area contributed by atoms with Crippen molar-refractivity contribution in [2.24, 2.45) is 10.9 Å². The van der Waals surface area contributed by atoms with E-state index in [1.807, 2.05) is 0 Å². The number of hydrogen-bond acceptors (Lipinski definition) is 3.